The molecule has 0 aliphatic carbocycles. The first kappa shape index (κ1) is 17.4. The van der Waals surface area contributed by atoms with Crippen molar-refractivity contribution in [2.75, 3.05) is 12.3 Å². The first-order chi connectivity index (χ1) is 8.41. The number of hydrogen-bond acceptors (Lipinski definition) is 0. The first-order valence-electron chi connectivity index (χ1n) is 8.05. The van der Waals surface area contributed by atoms with Crippen LogP contribution in [0.5, 0.6) is 0 Å². The lowest BCUT2D eigenvalue weighted by atomic mass is 10.1. The molecule has 1 radical (unpaired) electrons. The highest BCUT2D eigenvalue weighted by Gasteiger charge is 1.93. The second-order valence-electron chi connectivity index (χ2n) is 5.21. The molecule has 0 aliphatic rings. The maximum atomic E-state index is 2.29. The number of hydrogen-bond donors (Lipinski definition) is 0. The third-order valence-corrected chi connectivity index (χ3v) is 4.60. The molecule has 0 N–H and O–H groups in total. The fraction of sp³-hybridized carbons (Fsp3) is 1.00. The molecule has 0 aliphatic heterocycles. The first-order valence-corrected chi connectivity index (χ1v) is 9.31. The molecule has 0 aromatic heterocycles. The maximum Gasteiger partial charge on any atom is -0.0287 e. The zero-order valence-corrected chi connectivity index (χ0v) is 13.2. The second-order valence-corrected chi connectivity index (χ2v) is 6.55. The molecule has 17 heavy (non-hydrogen) atoms. The van der Waals surface area contributed by atoms with Crippen LogP contribution < -0.4 is 0 Å². The molecule has 0 bridgehead atoms. The second kappa shape index (κ2) is 16.4. The molecule has 0 spiro atoms. The van der Waals surface area contributed by atoms with Gasteiger partial charge in [-0.2, -0.15) is 0 Å². The Kier molecular flexibility index (Phi) is 16.8. The van der Waals surface area contributed by atoms with Gasteiger partial charge in [0.05, 0.1) is 0 Å². The van der Waals surface area contributed by atoms with Gasteiger partial charge in [0.25, 0.3) is 0 Å². The van der Waals surface area contributed by atoms with Crippen LogP contribution in [-0.2, 0) is 0 Å². The van der Waals surface area contributed by atoms with E-state index in [1.165, 1.54) is 89.4 Å². The fourth-order valence-corrected chi connectivity index (χ4v) is 3.30. The van der Waals surface area contributed by atoms with Gasteiger partial charge in [-0.05, 0) is 25.2 Å². The van der Waals surface area contributed by atoms with Crippen LogP contribution in [0.2, 0.25) is 0 Å². The van der Waals surface area contributed by atoms with E-state index in [1.807, 2.05) is 0 Å². The predicted molar refractivity (Wildman–Crippen MR) is 83.4 cm³/mol. The Morgan fingerprint density at radius 3 is 1.41 bits per heavy atom. The van der Waals surface area contributed by atoms with Gasteiger partial charge < -0.3 is 0 Å². The maximum absolute atomic E-state index is 2.29. The zero-order chi connectivity index (χ0) is 12.6. The molecule has 0 atom stereocenters. The molecule has 0 saturated heterocycles. The molecular weight excluding hydrogens is 223 g/mol. The molecular formula is C16H34P. The van der Waals surface area contributed by atoms with Crippen LogP contribution >= 0.6 is 8.58 Å². The summed E-state index contributed by atoms with van der Waals surface area (Å²) in [6.45, 7) is 4.58. The topological polar surface area (TPSA) is 0 Å². The van der Waals surface area contributed by atoms with Gasteiger partial charge >= 0.3 is 0 Å². The largest absolute Gasteiger partial charge is 0.0810 e. The minimum atomic E-state index is 1.37. The van der Waals surface area contributed by atoms with Crippen molar-refractivity contribution in [3.05, 3.63) is 0 Å². The van der Waals surface area contributed by atoms with Crippen molar-refractivity contribution in [2.24, 2.45) is 0 Å². The summed E-state index contributed by atoms with van der Waals surface area (Å²) in [7, 11) is 1.70. The lowest BCUT2D eigenvalue weighted by molar-refractivity contribution is 0.563. The minimum Gasteiger partial charge on any atom is -0.0810 e. The lowest BCUT2D eigenvalue weighted by Crippen LogP contribution is -1.84. The Labute approximate surface area is 112 Å². The normalized spacial score (nSPS) is 11.6. The van der Waals surface area contributed by atoms with Crippen molar-refractivity contribution >= 4 is 8.58 Å². The summed E-state index contributed by atoms with van der Waals surface area (Å²) in [6, 6.07) is 0. The summed E-state index contributed by atoms with van der Waals surface area (Å²) in [5, 5.41) is 0. The third kappa shape index (κ3) is 16.4. The van der Waals surface area contributed by atoms with E-state index in [4.69, 9.17) is 0 Å². The Balaban J connectivity index is 2.85. The van der Waals surface area contributed by atoms with Crippen LogP contribution in [0.1, 0.15) is 90.9 Å². The van der Waals surface area contributed by atoms with Crippen LogP contribution in [-0.4, -0.2) is 12.3 Å². The average molecular weight is 257 g/mol. The standard InChI is InChI=1S/C16H34P/c1-3-5-7-8-9-10-11-12-13-14-16-17-15-6-4-2/h3-16H2,1-2H3. The summed E-state index contributed by atoms with van der Waals surface area (Å²) in [4.78, 5) is 0. The van der Waals surface area contributed by atoms with E-state index in [0.717, 1.165) is 0 Å². The summed E-state index contributed by atoms with van der Waals surface area (Å²) < 4.78 is 0. The van der Waals surface area contributed by atoms with Crippen LogP contribution in [0, 0.1) is 0 Å². The Bertz CT molecular complexity index is 109. The Hall–Kier alpha value is 0.430. The number of unbranched alkanes of at least 4 members (excludes halogenated alkanes) is 10. The van der Waals surface area contributed by atoms with Crippen molar-refractivity contribution in [1.82, 2.24) is 0 Å². The van der Waals surface area contributed by atoms with E-state index in [-0.39, 0.29) is 0 Å². The fourth-order valence-electron chi connectivity index (χ4n) is 2.09. The summed E-state index contributed by atoms with van der Waals surface area (Å²) in [6.07, 6.45) is 20.3. The molecule has 103 valence electrons. The van der Waals surface area contributed by atoms with E-state index < -0.39 is 0 Å². The van der Waals surface area contributed by atoms with Crippen molar-refractivity contribution in [2.45, 2.75) is 90.9 Å². The highest BCUT2D eigenvalue weighted by Crippen LogP contribution is 2.17. The van der Waals surface area contributed by atoms with E-state index >= 15 is 0 Å². The summed E-state index contributed by atoms with van der Waals surface area (Å²) in [5.74, 6) is 0. The number of rotatable bonds is 14. The van der Waals surface area contributed by atoms with Gasteiger partial charge in [0, 0.05) is 0 Å². The van der Waals surface area contributed by atoms with Crippen molar-refractivity contribution in [3.63, 3.8) is 0 Å². The van der Waals surface area contributed by atoms with Crippen LogP contribution in [0.4, 0.5) is 0 Å². The average Bonchev–Trinajstić information content (AvgIpc) is 2.35. The molecule has 0 fully saturated rings. The van der Waals surface area contributed by atoms with Crippen LogP contribution in [0.15, 0.2) is 0 Å². The van der Waals surface area contributed by atoms with Crippen LogP contribution in [0.25, 0.3) is 0 Å². The summed E-state index contributed by atoms with van der Waals surface area (Å²) >= 11 is 0. The van der Waals surface area contributed by atoms with Crippen molar-refractivity contribution in [1.29, 1.82) is 0 Å². The van der Waals surface area contributed by atoms with Crippen molar-refractivity contribution < 1.29 is 0 Å². The van der Waals surface area contributed by atoms with E-state index in [9.17, 15) is 0 Å². The molecule has 0 saturated carbocycles. The predicted octanol–water partition coefficient (Wildman–Crippen LogP) is 6.65. The van der Waals surface area contributed by atoms with Crippen molar-refractivity contribution in [3.8, 4) is 0 Å². The van der Waals surface area contributed by atoms with Gasteiger partial charge in [0.15, 0.2) is 0 Å². The van der Waals surface area contributed by atoms with E-state index in [2.05, 4.69) is 13.8 Å². The third-order valence-electron chi connectivity index (χ3n) is 3.34. The molecule has 0 aromatic carbocycles. The van der Waals surface area contributed by atoms with Gasteiger partial charge in [-0.15, -0.1) is 0 Å². The zero-order valence-electron chi connectivity index (χ0n) is 12.3. The molecule has 0 amide bonds. The Morgan fingerprint density at radius 2 is 0.882 bits per heavy atom. The Morgan fingerprint density at radius 1 is 0.471 bits per heavy atom. The van der Waals surface area contributed by atoms with E-state index in [1.54, 1.807) is 8.58 Å². The quantitative estimate of drug-likeness (QED) is 0.241. The van der Waals surface area contributed by atoms with Gasteiger partial charge in [-0.1, -0.05) is 86.6 Å². The van der Waals surface area contributed by atoms with Gasteiger partial charge in [-0.3, -0.25) is 0 Å². The monoisotopic (exact) mass is 257 g/mol. The minimum absolute atomic E-state index is 1.37. The molecule has 1 heteroatoms. The smallest absolute Gasteiger partial charge is 0.0287 e. The van der Waals surface area contributed by atoms with Gasteiger partial charge in [0.1, 0.15) is 0 Å². The van der Waals surface area contributed by atoms with E-state index in [0.29, 0.717) is 0 Å². The van der Waals surface area contributed by atoms with Gasteiger partial charge in [-0.25, -0.2) is 0 Å². The van der Waals surface area contributed by atoms with Crippen LogP contribution in [0.3, 0.4) is 0 Å². The highest BCUT2D eigenvalue weighted by atomic mass is 31.1. The summed E-state index contributed by atoms with van der Waals surface area (Å²) in [5.41, 5.74) is 0. The molecule has 0 rings (SSSR count). The molecule has 0 aromatic rings. The SMILES string of the molecule is CCCCCCCCCCCC[P]CCCC. The molecule has 0 heterocycles. The molecule has 0 unspecified atom stereocenters. The molecule has 0 nitrogen and oxygen atoms in total. The lowest BCUT2D eigenvalue weighted by Gasteiger charge is -2.02. The van der Waals surface area contributed by atoms with Gasteiger partial charge in [0.2, 0.25) is 0 Å². The highest BCUT2D eigenvalue weighted by molar-refractivity contribution is 7.37.